The van der Waals surface area contributed by atoms with E-state index in [0.717, 1.165) is 31.1 Å². The number of hydrogen-bond acceptors (Lipinski definition) is 4. The third-order valence-electron chi connectivity index (χ3n) is 3.58. The second-order valence-electron chi connectivity index (χ2n) is 5.35. The molecule has 0 saturated heterocycles. The number of hydrogen-bond donors (Lipinski definition) is 0. The maximum atomic E-state index is 5.49. The molecule has 0 N–H and O–H groups in total. The van der Waals surface area contributed by atoms with Crippen LogP contribution in [-0.2, 0) is 19.6 Å². The van der Waals surface area contributed by atoms with Crippen LogP contribution in [0.25, 0.3) is 0 Å². The number of furan rings is 1. The van der Waals surface area contributed by atoms with E-state index in [1.54, 1.807) is 12.5 Å². The topological polar surface area (TPSA) is 42.2 Å². The van der Waals surface area contributed by atoms with Crippen molar-refractivity contribution in [3.63, 3.8) is 0 Å². The van der Waals surface area contributed by atoms with Gasteiger partial charge in [0.25, 0.3) is 0 Å². The highest BCUT2D eigenvalue weighted by Gasteiger charge is 2.12. The predicted molar refractivity (Wildman–Crippen MR) is 84.9 cm³/mol. The maximum Gasteiger partial charge on any atom is 0.117 e. The lowest BCUT2D eigenvalue weighted by atomic mass is 10.2. The molecule has 112 valence electrons. The first kappa shape index (κ1) is 14.5. The van der Waals surface area contributed by atoms with Gasteiger partial charge in [0.1, 0.15) is 5.76 Å². The zero-order valence-electron chi connectivity index (χ0n) is 12.6. The molecule has 0 unspecified atom stereocenters. The lowest BCUT2D eigenvalue weighted by molar-refractivity contribution is 0.223. The molecule has 4 nitrogen and oxygen atoms in total. The van der Waals surface area contributed by atoms with Crippen LogP contribution in [0.3, 0.4) is 0 Å². The molecular weight excluding hydrogens is 274 g/mol. The van der Waals surface area contributed by atoms with Crippen LogP contribution >= 0.6 is 0 Å². The smallest absolute Gasteiger partial charge is 0.117 e. The van der Waals surface area contributed by atoms with Gasteiger partial charge < -0.3 is 4.42 Å². The van der Waals surface area contributed by atoms with Crippen molar-refractivity contribution in [2.45, 2.75) is 26.6 Å². The van der Waals surface area contributed by atoms with E-state index < -0.39 is 0 Å². The minimum Gasteiger partial charge on any atom is -0.468 e. The highest BCUT2D eigenvalue weighted by molar-refractivity contribution is 5.18. The fraction of sp³-hybridized carbons (Fsp3) is 0.222. The van der Waals surface area contributed by atoms with Crippen LogP contribution in [0, 0.1) is 6.92 Å². The summed E-state index contributed by atoms with van der Waals surface area (Å²) >= 11 is 0. The number of aromatic nitrogens is 2. The van der Waals surface area contributed by atoms with Crippen LogP contribution < -0.4 is 0 Å². The monoisotopic (exact) mass is 293 g/mol. The molecule has 0 radical (unpaired) electrons. The Morgan fingerprint density at radius 1 is 1.00 bits per heavy atom. The molecule has 0 aromatic carbocycles. The van der Waals surface area contributed by atoms with E-state index in [2.05, 4.69) is 33.9 Å². The van der Waals surface area contributed by atoms with Crippen LogP contribution in [-0.4, -0.2) is 14.9 Å². The third-order valence-corrected chi connectivity index (χ3v) is 3.58. The van der Waals surface area contributed by atoms with Crippen molar-refractivity contribution in [2.75, 3.05) is 0 Å². The number of rotatable bonds is 6. The molecule has 0 aliphatic rings. The zero-order valence-corrected chi connectivity index (χ0v) is 12.6. The van der Waals surface area contributed by atoms with E-state index in [4.69, 9.17) is 4.42 Å². The first-order valence-electron chi connectivity index (χ1n) is 7.35. The maximum absolute atomic E-state index is 5.49. The summed E-state index contributed by atoms with van der Waals surface area (Å²) in [4.78, 5) is 11.0. The van der Waals surface area contributed by atoms with Crippen molar-refractivity contribution in [1.29, 1.82) is 0 Å². The molecule has 0 aliphatic heterocycles. The summed E-state index contributed by atoms with van der Waals surface area (Å²) in [5, 5.41) is 0. The summed E-state index contributed by atoms with van der Waals surface area (Å²) < 4.78 is 5.49. The lowest BCUT2D eigenvalue weighted by Crippen LogP contribution is -2.23. The summed E-state index contributed by atoms with van der Waals surface area (Å²) in [6.07, 6.45) is 7.25. The summed E-state index contributed by atoms with van der Waals surface area (Å²) in [5.74, 6) is 0.956. The fourth-order valence-electron chi connectivity index (χ4n) is 2.44. The fourth-order valence-corrected chi connectivity index (χ4v) is 2.44. The van der Waals surface area contributed by atoms with E-state index in [-0.39, 0.29) is 0 Å². The van der Waals surface area contributed by atoms with Gasteiger partial charge in [-0.1, -0.05) is 12.1 Å². The van der Waals surface area contributed by atoms with Gasteiger partial charge in [0, 0.05) is 31.7 Å². The largest absolute Gasteiger partial charge is 0.468 e. The van der Waals surface area contributed by atoms with E-state index in [0.29, 0.717) is 0 Å². The summed E-state index contributed by atoms with van der Waals surface area (Å²) in [7, 11) is 0. The highest BCUT2D eigenvalue weighted by Crippen LogP contribution is 2.14. The van der Waals surface area contributed by atoms with Crippen LogP contribution in [0.2, 0.25) is 0 Å². The van der Waals surface area contributed by atoms with Crippen LogP contribution in [0.15, 0.2) is 65.7 Å². The Morgan fingerprint density at radius 2 is 1.91 bits per heavy atom. The third kappa shape index (κ3) is 3.80. The second-order valence-corrected chi connectivity index (χ2v) is 5.35. The van der Waals surface area contributed by atoms with Crippen LogP contribution in [0.4, 0.5) is 0 Å². The van der Waals surface area contributed by atoms with Crippen molar-refractivity contribution in [2.24, 2.45) is 0 Å². The molecule has 3 aromatic heterocycles. The van der Waals surface area contributed by atoms with Gasteiger partial charge in [-0.25, -0.2) is 0 Å². The Morgan fingerprint density at radius 3 is 2.64 bits per heavy atom. The average Bonchev–Trinajstić information content (AvgIpc) is 3.03. The average molecular weight is 293 g/mol. The van der Waals surface area contributed by atoms with Crippen LogP contribution in [0.5, 0.6) is 0 Å². The summed E-state index contributed by atoms with van der Waals surface area (Å²) in [6, 6.07) is 12.0. The summed E-state index contributed by atoms with van der Waals surface area (Å²) in [5.41, 5.74) is 3.48. The minimum atomic E-state index is 0.748. The van der Waals surface area contributed by atoms with Crippen LogP contribution in [0.1, 0.15) is 22.6 Å². The molecule has 0 atom stereocenters. The molecule has 22 heavy (non-hydrogen) atoms. The molecule has 0 fully saturated rings. The van der Waals surface area contributed by atoms with Gasteiger partial charge in [-0.15, -0.1) is 0 Å². The second kappa shape index (κ2) is 7.00. The van der Waals surface area contributed by atoms with E-state index in [1.807, 2.05) is 36.7 Å². The van der Waals surface area contributed by atoms with Gasteiger partial charge in [0.05, 0.1) is 18.5 Å². The molecule has 3 rings (SSSR count). The molecular formula is C18H19N3O. The number of pyridine rings is 2. The SMILES string of the molecule is Cc1cccnc1CN(Cc1cccnc1)Cc1ccco1. The van der Waals surface area contributed by atoms with Crippen molar-refractivity contribution in [1.82, 2.24) is 14.9 Å². The Bertz CT molecular complexity index is 695. The molecule has 3 heterocycles. The van der Waals surface area contributed by atoms with Crippen molar-refractivity contribution in [3.8, 4) is 0 Å². The summed E-state index contributed by atoms with van der Waals surface area (Å²) in [6.45, 7) is 4.43. The molecule has 0 bridgehead atoms. The Balaban J connectivity index is 1.78. The molecule has 0 amide bonds. The zero-order chi connectivity index (χ0) is 15.2. The van der Waals surface area contributed by atoms with Gasteiger partial charge >= 0.3 is 0 Å². The van der Waals surface area contributed by atoms with Gasteiger partial charge in [-0.2, -0.15) is 0 Å². The van der Waals surface area contributed by atoms with Gasteiger partial charge in [-0.3, -0.25) is 14.9 Å². The van der Waals surface area contributed by atoms with Crippen molar-refractivity contribution in [3.05, 3.63) is 83.8 Å². The molecule has 0 spiro atoms. The molecule has 3 aromatic rings. The van der Waals surface area contributed by atoms with Gasteiger partial charge in [0.2, 0.25) is 0 Å². The van der Waals surface area contributed by atoms with Crippen molar-refractivity contribution >= 4 is 0 Å². The lowest BCUT2D eigenvalue weighted by Gasteiger charge is -2.21. The molecule has 0 aliphatic carbocycles. The standard InChI is InChI=1S/C18H19N3O/c1-15-5-2-9-20-18(15)14-21(13-17-7-4-10-22-17)12-16-6-3-8-19-11-16/h2-11H,12-14H2,1H3. The van der Waals surface area contributed by atoms with E-state index in [9.17, 15) is 0 Å². The first-order chi connectivity index (χ1) is 10.8. The van der Waals surface area contributed by atoms with Crippen molar-refractivity contribution < 1.29 is 4.42 Å². The molecule has 0 saturated carbocycles. The first-order valence-corrected chi connectivity index (χ1v) is 7.35. The number of aryl methyl sites for hydroxylation is 1. The molecule has 4 heteroatoms. The Labute approximate surface area is 130 Å². The Hall–Kier alpha value is -2.46. The van der Waals surface area contributed by atoms with E-state index >= 15 is 0 Å². The quantitative estimate of drug-likeness (QED) is 0.696. The van der Waals surface area contributed by atoms with E-state index in [1.165, 1.54) is 11.1 Å². The predicted octanol–water partition coefficient (Wildman–Crippen LogP) is 3.58. The van der Waals surface area contributed by atoms with Gasteiger partial charge in [0.15, 0.2) is 0 Å². The number of nitrogens with zero attached hydrogens (tertiary/aromatic N) is 3. The Kier molecular flexibility index (Phi) is 4.61. The minimum absolute atomic E-state index is 0.748. The normalized spacial score (nSPS) is 11.0. The van der Waals surface area contributed by atoms with Gasteiger partial charge in [-0.05, 0) is 42.3 Å². The highest BCUT2D eigenvalue weighted by atomic mass is 16.3.